The number of benzene rings is 1. The van der Waals surface area contributed by atoms with Gasteiger partial charge in [-0.1, -0.05) is 36.5 Å². The first kappa shape index (κ1) is 13.0. The highest BCUT2D eigenvalue weighted by atomic mass is 32.1. The first-order valence-electron chi connectivity index (χ1n) is 6.00. The molecule has 18 heavy (non-hydrogen) atoms. The molecular weight excluding hydrogens is 246 g/mol. The number of nitrogens with zero attached hydrogens (tertiary/aromatic N) is 1. The third-order valence-corrected chi connectivity index (χ3v) is 3.55. The molecule has 1 amide bonds. The van der Waals surface area contributed by atoms with E-state index in [0.29, 0.717) is 4.99 Å². The third-order valence-electron chi connectivity index (χ3n) is 3.32. The summed E-state index contributed by atoms with van der Waals surface area (Å²) < 4.78 is 0. The van der Waals surface area contributed by atoms with Gasteiger partial charge in [0, 0.05) is 12.1 Å². The molecule has 0 spiro atoms. The molecule has 0 unspecified atom stereocenters. The van der Waals surface area contributed by atoms with Gasteiger partial charge in [0.15, 0.2) is 0 Å². The summed E-state index contributed by atoms with van der Waals surface area (Å²) in [5.41, 5.74) is 12.9. The fourth-order valence-corrected chi connectivity index (χ4v) is 2.48. The van der Waals surface area contributed by atoms with Gasteiger partial charge in [-0.15, -0.1) is 0 Å². The maximum absolute atomic E-state index is 11.3. The van der Waals surface area contributed by atoms with Crippen molar-refractivity contribution in [3.63, 3.8) is 0 Å². The number of hydrogen-bond acceptors (Lipinski definition) is 3. The first-order valence-corrected chi connectivity index (χ1v) is 6.41. The van der Waals surface area contributed by atoms with Crippen molar-refractivity contribution in [3.8, 4) is 0 Å². The van der Waals surface area contributed by atoms with Crippen LogP contribution in [0.4, 0.5) is 0 Å². The summed E-state index contributed by atoms with van der Waals surface area (Å²) in [6.45, 7) is 1.66. The molecule has 1 aromatic carbocycles. The van der Waals surface area contributed by atoms with Crippen LogP contribution in [0.5, 0.6) is 0 Å². The van der Waals surface area contributed by atoms with E-state index in [1.54, 1.807) is 0 Å². The number of thiocarbonyl (C=S) groups is 1. The van der Waals surface area contributed by atoms with Crippen molar-refractivity contribution in [2.45, 2.75) is 25.4 Å². The predicted molar refractivity (Wildman–Crippen MR) is 75.0 cm³/mol. The lowest BCUT2D eigenvalue weighted by Crippen LogP contribution is -2.39. The number of rotatable bonds is 4. The number of nitrogens with two attached hydrogens (primary N) is 2. The van der Waals surface area contributed by atoms with Crippen LogP contribution in [-0.2, 0) is 11.3 Å². The molecule has 4 N–H and O–H groups in total. The summed E-state index contributed by atoms with van der Waals surface area (Å²) >= 11 is 4.91. The summed E-state index contributed by atoms with van der Waals surface area (Å²) in [7, 11) is 0. The third kappa shape index (κ3) is 2.86. The van der Waals surface area contributed by atoms with Crippen LogP contribution in [0.3, 0.4) is 0 Å². The Bertz CT molecular complexity index is 458. The SMILES string of the molecule is NC(=O)[C@@H]1CCCN1Cc1ccc(C(N)=S)cc1. The molecule has 1 heterocycles. The average molecular weight is 263 g/mol. The van der Waals surface area contributed by atoms with E-state index in [1.807, 2.05) is 24.3 Å². The van der Waals surface area contributed by atoms with E-state index in [4.69, 9.17) is 23.7 Å². The predicted octanol–water partition coefficient (Wildman–Crippen LogP) is 0.770. The van der Waals surface area contributed by atoms with Gasteiger partial charge in [-0.2, -0.15) is 0 Å². The summed E-state index contributed by atoms with van der Waals surface area (Å²) in [4.78, 5) is 13.8. The van der Waals surface area contributed by atoms with Crippen LogP contribution in [0.25, 0.3) is 0 Å². The molecule has 96 valence electrons. The Morgan fingerprint density at radius 1 is 1.33 bits per heavy atom. The second-order valence-corrected chi connectivity index (χ2v) is 5.03. The van der Waals surface area contributed by atoms with Gasteiger partial charge in [0.25, 0.3) is 0 Å². The minimum Gasteiger partial charge on any atom is -0.389 e. The number of carbonyl (C=O) groups is 1. The van der Waals surface area contributed by atoms with E-state index >= 15 is 0 Å². The van der Waals surface area contributed by atoms with Gasteiger partial charge in [-0.3, -0.25) is 9.69 Å². The lowest BCUT2D eigenvalue weighted by atomic mass is 10.1. The van der Waals surface area contributed by atoms with Crippen molar-refractivity contribution < 1.29 is 4.79 Å². The number of likely N-dealkylation sites (tertiary alicyclic amines) is 1. The molecule has 4 nitrogen and oxygen atoms in total. The number of amides is 1. The van der Waals surface area contributed by atoms with Crippen molar-refractivity contribution >= 4 is 23.1 Å². The highest BCUT2D eigenvalue weighted by Crippen LogP contribution is 2.19. The van der Waals surface area contributed by atoms with Crippen LogP contribution >= 0.6 is 12.2 Å². The molecule has 0 aromatic heterocycles. The van der Waals surface area contributed by atoms with Gasteiger partial charge in [0.2, 0.25) is 5.91 Å². The van der Waals surface area contributed by atoms with Crippen LogP contribution in [0.1, 0.15) is 24.0 Å². The van der Waals surface area contributed by atoms with Gasteiger partial charge < -0.3 is 11.5 Å². The molecule has 0 aliphatic carbocycles. The Morgan fingerprint density at radius 3 is 2.56 bits per heavy atom. The zero-order valence-corrected chi connectivity index (χ0v) is 11.0. The highest BCUT2D eigenvalue weighted by molar-refractivity contribution is 7.80. The fraction of sp³-hybridized carbons (Fsp3) is 0.385. The van der Waals surface area contributed by atoms with Crippen molar-refractivity contribution in [2.24, 2.45) is 11.5 Å². The number of primary amides is 1. The smallest absolute Gasteiger partial charge is 0.234 e. The van der Waals surface area contributed by atoms with Crippen LogP contribution in [0.2, 0.25) is 0 Å². The standard InChI is InChI=1S/C13H17N3OS/c14-12(17)11-2-1-7-16(11)8-9-3-5-10(6-4-9)13(15)18/h3-6,11H,1-2,7-8H2,(H2,14,17)(H2,15,18)/t11-/m0/s1. The molecule has 2 rings (SSSR count). The number of carbonyl (C=O) groups excluding carboxylic acids is 1. The lowest BCUT2D eigenvalue weighted by molar-refractivity contribution is -0.122. The van der Waals surface area contributed by atoms with Crippen molar-refractivity contribution in [1.29, 1.82) is 0 Å². The Morgan fingerprint density at radius 2 is 2.00 bits per heavy atom. The van der Waals surface area contributed by atoms with Crippen LogP contribution < -0.4 is 11.5 Å². The monoisotopic (exact) mass is 263 g/mol. The van der Waals surface area contributed by atoms with Gasteiger partial charge >= 0.3 is 0 Å². The molecule has 1 aliphatic rings. The largest absolute Gasteiger partial charge is 0.389 e. The summed E-state index contributed by atoms with van der Waals surface area (Å²) in [6.07, 6.45) is 1.89. The Balaban J connectivity index is 2.05. The van der Waals surface area contributed by atoms with Crippen LogP contribution in [0.15, 0.2) is 24.3 Å². The highest BCUT2D eigenvalue weighted by Gasteiger charge is 2.28. The maximum Gasteiger partial charge on any atom is 0.234 e. The normalized spacial score (nSPS) is 19.9. The van der Waals surface area contributed by atoms with Crippen molar-refractivity contribution in [1.82, 2.24) is 4.90 Å². The van der Waals surface area contributed by atoms with Crippen molar-refractivity contribution in [3.05, 3.63) is 35.4 Å². The molecule has 1 saturated heterocycles. The van der Waals surface area contributed by atoms with Crippen molar-refractivity contribution in [2.75, 3.05) is 6.54 Å². The average Bonchev–Trinajstić information content (AvgIpc) is 2.78. The Labute approximate surface area is 112 Å². The molecule has 1 aliphatic heterocycles. The van der Waals surface area contributed by atoms with Gasteiger partial charge in [-0.05, 0) is 24.9 Å². The quantitative estimate of drug-likeness (QED) is 0.787. The van der Waals surface area contributed by atoms with Crippen LogP contribution in [0, 0.1) is 0 Å². The molecular formula is C13H17N3OS. The number of hydrogen-bond donors (Lipinski definition) is 2. The molecule has 0 bridgehead atoms. The van der Waals surface area contributed by atoms with E-state index < -0.39 is 0 Å². The van der Waals surface area contributed by atoms with E-state index in [2.05, 4.69) is 4.90 Å². The van der Waals surface area contributed by atoms with E-state index in [1.165, 1.54) is 0 Å². The maximum atomic E-state index is 11.3. The topological polar surface area (TPSA) is 72.4 Å². The summed E-state index contributed by atoms with van der Waals surface area (Å²) in [6, 6.07) is 7.68. The Kier molecular flexibility index (Phi) is 3.93. The first-order chi connectivity index (χ1) is 8.58. The van der Waals surface area contributed by atoms with E-state index in [-0.39, 0.29) is 11.9 Å². The van der Waals surface area contributed by atoms with Gasteiger partial charge in [-0.25, -0.2) is 0 Å². The molecule has 1 aromatic rings. The molecule has 0 radical (unpaired) electrons. The second kappa shape index (κ2) is 5.46. The minimum absolute atomic E-state index is 0.125. The molecule has 0 saturated carbocycles. The van der Waals surface area contributed by atoms with E-state index in [9.17, 15) is 4.79 Å². The zero-order chi connectivity index (χ0) is 13.1. The molecule has 5 heteroatoms. The van der Waals surface area contributed by atoms with Gasteiger partial charge in [0.1, 0.15) is 4.99 Å². The second-order valence-electron chi connectivity index (χ2n) is 4.59. The van der Waals surface area contributed by atoms with Gasteiger partial charge in [0.05, 0.1) is 6.04 Å². The minimum atomic E-state index is -0.229. The van der Waals surface area contributed by atoms with Crippen LogP contribution in [-0.4, -0.2) is 28.4 Å². The summed E-state index contributed by atoms with van der Waals surface area (Å²) in [5, 5.41) is 0. The lowest BCUT2D eigenvalue weighted by Gasteiger charge is -2.21. The Hall–Kier alpha value is -1.46. The van der Waals surface area contributed by atoms with E-state index in [0.717, 1.165) is 37.1 Å². The fourth-order valence-electron chi connectivity index (χ4n) is 2.35. The molecule has 1 fully saturated rings. The zero-order valence-electron chi connectivity index (χ0n) is 10.1. The molecule has 1 atom stereocenters. The summed E-state index contributed by atoms with van der Waals surface area (Å²) in [5.74, 6) is -0.229.